The van der Waals surface area contributed by atoms with Crippen molar-refractivity contribution in [1.29, 1.82) is 0 Å². The molecule has 5 nitrogen and oxygen atoms in total. The predicted molar refractivity (Wildman–Crippen MR) is 146 cm³/mol. The molecule has 0 unspecified atom stereocenters. The average molecular weight is 637 g/mol. The smallest absolute Gasteiger partial charge is 0.251 e. The fourth-order valence-corrected chi connectivity index (χ4v) is 8.58. The zero-order valence-electron chi connectivity index (χ0n) is 18.8. The number of fused-ring (bicyclic) bond motifs is 2. The minimum absolute atomic E-state index is 0.0449. The largest absolute Gasteiger partial charge is 0.351 e. The second-order valence-corrected chi connectivity index (χ2v) is 13.1. The van der Waals surface area contributed by atoms with Crippen molar-refractivity contribution in [1.82, 2.24) is 9.29 Å². The number of rotatable bonds is 3. The van der Waals surface area contributed by atoms with E-state index in [1.165, 1.54) is 0 Å². The van der Waals surface area contributed by atoms with E-state index in [4.69, 9.17) is 23.2 Å². The fraction of sp³-hybridized carbons (Fsp3) is 0.308. The molecule has 1 fully saturated rings. The van der Waals surface area contributed by atoms with Gasteiger partial charge in [-0.15, -0.1) is 0 Å². The molecule has 3 aromatic rings. The van der Waals surface area contributed by atoms with Gasteiger partial charge in [-0.25, -0.2) is 8.42 Å². The topological polar surface area (TPSA) is 54.6 Å². The van der Waals surface area contributed by atoms with Crippen LogP contribution < -0.4 is 0 Å². The highest BCUT2D eigenvalue weighted by Crippen LogP contribution is 2.52. The molecule has 0 spiro atoms. The molecule has 0 saturated carbocycles. The summed E-state index contributed by atoms with van der Waals surface area (Å²) >= 11 is 13.7. The van der Waals surface area contributed by atoms with E-state index in [1.54, 1.807) is 34.8 Å². The molecule has 1 aliphatic carbocycles. The van der Waals surface area contributed by atoms with Gasteiger partial charge < -0.3 is 0 Å². The second-order valence-electron chi connectivity index (χ2n) is 8.97. The van der Waals surface area contributed by atoms with Crippen LogP contribution in [0.1, 0.15) is 35.2 Å². The van der Waals surface area contributed by atoms with E-state index < -0.39 is 15.6 Å². The minimum atomic E-state index is -3.57. The van der Waals surface area contributed by atoms with Crippen molar-refractivity contribution in [3.05, 3.63) is 95.9 Å². The Morgan fingerprint density at radius 3 is 2.43 bits per heavy atom. The molecule has 2 aromatic carbocycles. The van der Waals surface area contributed by atoms with Crippen LogP contribution in [0.4, 0.5) is 0 Å². The lowest BCUT2D eigenvalue weighted by molar-refractivity contribution is 0.221. The van der Waals surface area contributed by atoms with E-state index in [1.807, 2.05) is 18.2 Å². The van der Waals surface area contributed by atoms with Gasteiger partial charge in [-0.05, 0) is 83.1 Å². The molecule has 1 atom stereocenters. The molecule has 2 aliphatic rings. The number of aromatic nitrogens is 1. The quantitative estimate of drug-likeness (QED) is 0.323. The minimum Gasteiger partial charge on any atom is -0.251 e. The molecule has 9 heteroatoms. The Balaban J connectivity index is 1.59. The lowest BCUT2D eigenvalue weighted by atomic mass is 9.70. The van der Waals surface area contributed by atoms with Gasteiger partial charge >= 0.3 is 5.54 Å². The Bertz CT molecular complexity index is 1430. The van der Waals surface area contributed by atoms with Gasteiger partial charge in [0.05, 0.1) is 16.4 Å². The van der Waals surface area contributed by atoms with Crippen LogP contribution in [0.15, 0.2) is 68.6 Å². The van der Waals surface area contributed by atoms with Crippen LogP contribution >= 0.6 is 43.5 Å². The molecular weight excluding hydrogens is 614 g/mol. The van der Waals surface area contributed by atoms with E-state index >= 15 is 0 Å². The highest BCUT2D eigenvalue weighted by Gasteiger charge is 2.58. The van der Waals surface area contributed by atoms with Gasteiger partial charge in [-0.1, -0.05) is 50.6 Å². The molecule has 0 radical (unpaired) electrons. The van der Waals surface area contributed by atoms with Gasteiger partial charge in [0, 0.05) is 33.3 Å². The Morgan fingerprint density at radius 2 is 1.74 bits per heavy atom. The van der Waals surface area contributed by atoms with Crippen LogP contribution in [0.3, 0.4) is 0 Å². The van der Waals surface area contributed by atoms with Gasteiger partial charge in [-0.2, -0.15) is 4.31 Å². The normalized spacial score (nSPS) is 21.0. The maximum absolute atomic E-state index is 13.2. The van der Waals surface area contributed by atoms with Crippen LogP contribution in [0.5, 0.6) is 0 Å². The van der Waals surface area contributed by atoms with Crippen molar-refractivity contribution in [3.8, 4) is 6.57 Å². The molecule has 35 heavy (non-hydrogen) atoms. The van der Waals surface area contributed by atoms with Gasteiger partial charge in [0.25, 0.3) is 6.57 Å². The first-order valence-corrected chi connectivity index (χ1v) is 14.8. The molecular formula is C26H23Br2ClN3O2S+. The number of aryl methyl sites for hydroxylation is 2. The zero-order chi connectivity index (χ0) is 24.8. The Morgan fingerprint density at radius 1 is 1.06 bits per heavy atom. The van der Waals surface area contributed by atoms with Crippen molar-refractivity contribution in [2.75, 3.05) is 13.1 Å². The number of benzene rings is 2. The van der Waals surface area contributed by atoms with E-state index in [2.05, 4.69) is 42.8 Å². The first kappa shape index (κ1) is 24.9. The van der Waals surface area contributed by atoms with Gasteiger partial charge in [-0.3, -0.25) is 4.98 Å². The number of sulfonamides is 1. The summed E-state index contributed by atoms with van der Waals surface area (Å²) in [6.45, 7) is 7.07. The first-order chi connectivity index (χ1) is 16.8. The molecule has 1 aliphatic heterocycles. The Hall–Kier alpha value is -1.76. The lowest BCUT2D eigenvalue weighted by Gasteiger charge is -2.36. The highest BCUT2D eigenvalue weighted by atomic mass is 79.9. The number of piperidine rings is 1. The third-order valence-corrected chi connectivity index (χ3v) is 10.3. The van der Waals surface area contributed by atoms with Crippen LogP contribution in [-0.4, -0.2) is 30.8 Å². The summed E-state index contributed by atoms with van der Waals surface area (Å²) in [5, 5.41) is 0.644. The third-order valence-electron chi connectivity index (χ3n) is 7.11. The first-order valence-electron chi connectivity index (χ1n) is 11.4. The number of hydrogen-bond acceptors (Lipinski definition) is 3. The molecule has 1 saturated heterocycles. The van der Waals surface area contributed by atoms with E-state index in [0.29, 0.717) is 35.8 Å². The van der Waals surface area contributed by atoms with Gasteiger partial charge in [0.1, 0.15) is 5.69 Å². The molecule has 1 aromatic heterocycles. The summed E-state index contributed by atoms with van der Waals surface area (Å²) < 4.78 is 29.8. The van der Waals surface area contributed by atoms with E-state index in [-0.39, 0.29) is 5.92 Å². The number of nitrogens with zero attached hydrogens (tertiary/aromatic N) is 3. The lowest BCUT2D eigenvalue weighted by Crippen LogP contribution is -2.45. The number of halogens is 3. The van der Waals surface area contributed by atoms with Gasteiger partial charge in [0.15, 0.2) is 0 Å². The third kappa shape index (κ3) is 4.25. The van der Waals surface area contributed by atoms with Crippen LogP contribution in [0, 0.1) is 12.5 Å². The van der Waals surface area contributed by atoms with Gasteiger partial charge in [0.2, 0.25) is 10.0 Å². The summed E-state index contributed by atoms with van der Waals surface area (Å²) in [5.41, 5.74) is 3.03. The molecule has 180 valence electrons. The van der Waals surface area contributed by atoms with E-state index in [9.17, 15) is 8.42 Å². The summed E-state index contributed by atoms with van der Waals surface area (Å²) in [7, 11) is -3.57. The van der Waals surface area contributed by atoms with Crippen molar-refractivity contribution in [2.24, 2.45) is 5.92 Å². The van der Waals surface area contributed by atoms with Crippen molar-refractivity contribution in [2.45, 2.75) is 36.1 Å². The van der Waals surface area contributed by atoms with Crippen molar-refractivity contribution < 1.29 is 8.42 Å². The standard InChI is InChI=1S/C26H23Br2ClN3O2S/c1-30-26(19-9-11-32(12-10-19)35(33,34)22-5-3-2-4-6-22)24-17(14-21(29)15-23(24)28)7-8-18-13-20(27)16-31-25(18)26/h1-6,13-16,19H,7-12H2/q+1/t26-/m0/s1. The zero-order valence-corrected chi connectivity index (χ0v) is 23.5. The summed E-state index contributed by atoms with van der Waals surface area (Å²) in [5.74, 6) is -0.0449. The van der Waals surface area contributed by atoms with E-state index in [0.717, 1.165) is 44.2 Å². The number of hydrogen-bond donors (Lipinski definition) is 0. The van der Waals surface area contributed by atoms with Crippen LogP contribution in [-0.2, 0) is 28.4 Å². The van der Waals surface area contributed by atoms with Crippen LogP contribution in [0.2, 0.25) is 5.02 Å². The molecule has 0 amide bonds. The summed E-state index contributed by atoms with van der Waals surface area (Å²) in [6, 6.07) is 14.5. The highest BCUT2D eigenvalue weighted by molar-refractivity contribution is 9.10. The Labute approximate surface area is 227 Å². The second kappa shape index (κ2) is 9.60. The monoisotopic (exact) mass is 634 g/mol. The Kier molecular flexibility index (Phi) is 6.84. The summed E-state index contributed by atoms with van der Waals surface area (Å²) in [6.07, 6.45) is 4.53. The maximum atomic E-state index is 13.2. The average Bonchev–Trinajstić information content (AvgIpc) is 2.99. The molecule has 0 N–H and O–H groups in total. The predicted octanol–water partition coefficient (Wildman–Crippen LogP) is 6.67. The summed E-state index contributed by atoms with van der Waals surface area (Å²) in [4.78, 5) is 9.75. The molecule has 5 rings (SSSR count). The molecule has 2 heterocycles. The molecule has 0 bridgehead atoms. The SMILES string of the molecule is C#[N+][C@]1(C2CCN(S(=O)(=O)c3ccccc3)CC2)c2ncc(Br)cc2CCc2cc(Cl)cc(Br)c21. The fourth-order valence-electron chi connectivity index (χ4n) is 5.54. The number of pyridine rings is 1. The van der Waals surface area contributed by atoms with Crippen LogP contribution in [0.25, 0.3) is 4.85 Å². The maximum Gasteiger partial charge on any atom is 0.351 e. The van der Waals surface area contributed by atoms with Crippen molar-refractivity contribution >= 4 is 53.5 Å². The van der Waals surface area contributed by atoms with Crippen molar-refractivity contribution in [3.63, 3.8) is 0 Å².